The molecule has 0 radical (unpaired) electrons. The van der Waals surface area contributed by atoms with Crippen LogP contribution >= 0.6 is 0 Å². The van der Waals surface area contributed by atoms with Gasteiger partial charge in [0.1, 0.15) is 6.61 Å². The third-order valence-electron chi connectivity index (χ3n) is 4.01. The quantitative estimate of drug-likeness (QED) is 0.704. The first-order valence-corrected chi connectivity index (χ1v) is 6.87. The normalized spacial score (nSPS) is 45.4. The molecule has 3 aliphatic rings. The van der Waals surface area contributed by atoms with Gasteiger partial charge >= 0.3 is 0 Å². The summed E-state index contributed by atoms with van der Waals surface area (Å²) in [7, 11) is 0. The second-order valence-electron chi connectivity index (χ2n) is 5.24. The fraction of sp³-hybridized carbons (Fsp3) is 1.00. The average molecular weight is 242 g/mol. The van der Waals surface area contributed by atoms with Crippen LogP contribution < -0.4 is 0 Å². The SMILES string of the molecule is CCCOC1(C2CCCC3OC32)COCCO1. The average Bonchev–Trinajstić information content (AvgIpc) is 3.16. The van der Waals surface area contributed by atoms with Crippen molar-refractivity contribution < 1.29 is 18.9 Å². The number of hydrogen-bond donors (Lipinski definition) is 0. The molecule has 1 saturated carbocycles. The Bertz CT molecular complexity index is 262. The molecule has 98 valence electrons. The Hall–Kier alpha value is -0.160. The summed E-state index contributed by atoms with van der Waals surface area (Å²) < 4.78 is 23.3. The molecule has 2 aliphatic heterocycles. The summed E-state index contributed by atoms with van der Waals surface area (Å²) in [6.07, 6.45) is 5.36. The maximum atomic E-state index is 6.03. The van der Waals surface area contributed by atoms with Gasteiger partial charge in [0, 0.05) is 12.5 Å². The molecule has 3 fully saturated rings. The van der Waals surface area contributed by atoms with Crippen LogP contribution in [0.4, 0.5) is 0 Å². The van der Waals surface area contributed by atoms with Gasteiger partial charge in [0.15, 0.2) is 5.79 Å². The number of hydrogen-bond acceptors (Lipinski definition) is 4. The van der Waals surface area contributed by atoms with E-state index in [9.17, 15) is 0 Å². The van der Waals surface area contributed by atoms with Crippen LogP contribution in [0.5, 0.6) is 0 Å². The van der Waals surface area contributed by atoms with E-state index < -0.39 is 5.79 Å². The lowest BCUT2D eigenvalue weighted by Gasteiger charge is -2.43. The van der Waals surface area contributed by atoms with Gasteiger partial charge in [-0.15, -0.1) is 0 Å². The van der Waals surface area contributed by atoms with Crippen LogP contribution in [0.1, 0.15) is 32.6 Å². The van der Waals surface area contributed by atoms with E-state index in [1.165, 1.54) is 12.8 Å². The maximum absolute atomic E-state index is 6.03. The standard InChI is InChI=1S/C13H22O4/c1-2-6-15-13(9-14-7-8-16-13)10-4-3-5-11-12(10)17-11/h10-12H,2-9H2,1H3. The molecule has 4 nitrogen and oxygen atoms in total. The van der Waals surface area contributed by atoms with Crippen LogP contribution in [0.15, 0.2) is 0 Å². The predicted octanol–water partition coefficient (Wildman–Crippen LogP) is 1.72. The molecular weight excluding hydrogens is 220 g/mol. The molecule has 0 spiro atoms. The second kappa shape index (κ2) is 4.84. The molecule has 0 aromatic carbocycles. The van der Waals surface area contributed by atoms with Gasteiger partial charge in [-0.2, -0.15) is 0 Å². The lowest BCUT2D eigenvalue weighted by molar-refractivity contribution is -0.320. The van der Waals surface area contributed by atoms with Crippen LogP contribution in [-0.2, 0) is 18.9 Å². The molecule has 2 heterocycles. The molecule has 0 amide bonds. The van der Waals surface area contributed by atoms with Gasteiger partial charge in [-0.3, -0.25) is 0 Å². The van der Waals surface area contributed by atoms with Crippen LogP contribution in [0.3, 0.4) is 0 Å². The van der Waals surface area contributed by atoms with Crippen molar-refractivity contribution in [3.8, 4) is 0 Å². The number of ether oxygens (including phenoxy) is 4. The summed E-state index contributed by atoms with van der Waals surface area (Å²) in [6, 6.07) is 0. The van der Waals surface area contributed by atoms with Crippen LogP contribution in [0.2, 0.25) is 0 Å². The van der Waals surface area contributed by atoms with Gasteiger partial charge in [0.25, 0.3) is 0 Å². The Morgan fingerprint density at radius 2 is 2.24 bits per heavy atom. The Labute approximate surface area is 103 Å². The molecule has 3 rings (SSSR count). The number of rotatable bonds is 4. The van der Waals surface area contributed by atoms with Crippen LogP contribution in [-0.4, -0.2) is 44.4 Å². The van der Waals surface area contributed by atoms with Crippen molar-refractivity contribution >= 4 is 0 Å². The summed E-state index contributed by atoms with van der Waals surface area (Å²) in [6.45, 7) is 4.73. The molecule has 2 saturated heterocycles. The highest BCUT2D eigenvalue weighted by Gasteiger charge is 2.57. The largest absolute Gasteiger partial charge is 0.373 e. The van der Waals surface area contributed by atoms with Gasteiger partial charge in [-0.1, -0.05) is 13.3 Å². The molecule has 1 aliphatic carbocycles. The van der Waals surface area contributed by atoms with Gasteiger partial charge in [0.05, 0.1) is 25.4 Å². The van der Waals surface area contributed by atoms with Crippen molar-refractivity contribution in [1.29, 1.82) is 0 Å². The fourth-order valence-electron chi connectivity index (χ4n) is 3.12. The van der Waals surface area contributed by atoms with Crippen molar-refractivity contribution in [3.05, 3.63) is 0 Å². The van der Waals surface area contributed by atoms with Gasteiger partial charge in [0.2, 0.25) is 0 Å². The molecule has 0 bridgehead atoms. The Kier molecular flexibility index (Phi) is 3.39. The van der Waals surface area contributed by atoms with E-state index in [0.717, 1.165) is 19.4 Å². The van der Waals surface area contributed by atoms with E-state index in [4.69, 9.17) is 18.9 Å². The highest BCUT2D eigenvalue weighted by Crippen LogP contribution is 2.47. The highest BCUT2D eigenvalue weighted by molar-refractivity contribution is 5.01. The Balaban J connectivity index is 1.72. The monoisotopic (exact) mass is 242 g/mol. The summed E-state index contributed by atoms with van der Waals surface area (Å²) in [4.78, 5) is 0. The van der Waals surface area contributed by atoms with Gasteiger partial charge < -0.3 is 18.9 Å². The van der Waals surface area contributed by atoms with E-state index in [2.05, 4.69) is 6.92 Å². The van der Waals surface area contributed by atoms with E-state index in [-0.39, 0.29) is 0 Å². The van der Waals surface area contributed by atoms with Crippen molar-refractivity contribution in [3.63, 3.8) is 0 Å². The summed E-state index contributed by atoms with van der Waals surface area (Å²) in [5.74, 6) is -0.179. The molecule has 17 heavy (non-hydrogen) atoms. The molecule has 4 atom stereocenters. The molecule has 0 N–H and O–H groups in total. The van der Waals surface area contributed by atoms with E-state index >= 15 is 0 Å². The van der Waals surface area contributed by atoms with Crippen molar-refractivity contribution in [2.45, 2.75) is 50.6 Å². The Morgan fingerprint density at radius 3 is 3.00 bits per heavy atom. The zero-order valence-electron chi connectivity index (χ0n) is 10.5. The van der Waals surface area contributed by atoms with Crippen LogP contribution in [0, 0.1) is 5.92 Å². The first-order valence-electron chi connectivity index (χ1n) is 6.87. The molecular formula is C13H22O4. The lowest BCUT2D eigenvalue weighted by atomic mass is 9.82. The van der Waals surface area contributed by atoms with Crippen molar-refractivity contribution in [1.82, 2.24) is 0 Å². The fourth-order valence-corrected chi connectivity index (χ4v) is 3.12. The topological polar surface area (TPSA) is 40.2 Å². The summed E-state index contributed by atoms with van der Waals surface area (Å²) in [5, 5.41) is 0. The second-order valence-corrected chi connectivity index (χ2v) is 5.24. The van der Waals surface area contributed by atoms with E-state index in [1.54, 1.807) is 0 Å². The number of fused-ring (bicyclic) bond motifs is 1. The van der Waals surface area contributed by atoms with Crippen molar-refractivity contribution in [2.24, 2.45) is 5.92 Å². The maximum Gasteiger partial charge on any atom is 0.197 e. The molecule has 0 aromatic rings. The summed E-state index contributed by atoms with van der Waals surface area (Å²) in [5.41, 5.74) is 0. The van der Waals surface area contributed by atoms with E-state index in [0.29, 0.717) is 37.9 Å². The molecule has 0 aromatic heterocycles. The van der Waals surface area contributed by atoms with Crippen molar-refractivity contribution in [2.75, 3.05) is 26.4 Å². The highest BCUT2D eigenvalue weighted by atomic mass is 16.7. The lowest BCUT2D eigenvalue weighted by Crippen LogP contribution is -2.54. The third kappa shape index (κ3) is 2.24. The first kappa shape index (κ1) is 11.9. The number of epoxide rings is 1. The minimum Gasteiger partial charge on any atom is -0.373 e. The zero-order chi connectivity index (χ0) is 11.7. The van der Waals surface area contributed by atoms with Gasteiger partial charge in [-0.05, 0) is 19.3 Å². The predicted molar refractivity (Wildman–Crippen MR) is 61.7 cm³/mol. The molecule has 4 unspecified atom stereocenters. The van der Waals surface area contributed by atoms with Crippen LogP contribution in [0.25, 0.3) is 0 Å². The first-order chi connectivity index (χ1) is 8.36. The minimum absolute atomic E-state index is 0.349. The zero-order valence-corrected chi connectivity index (χ0v) is 10.5. The molecule has 4 heteroatoms. The van der Waals surface area contributed by atoms with E-state index in [1.807, 2.05) is 0 Å². The minimum atomic E-state index is -0.534. The summed E-state index contributed by atoms with van der Waals surface area (Å²) >= 11 is 0. The van der Waals surface area contributed by atoms with Gasteiger partial charge in [-0.25, -0.2) is 0 Å². The third-order valence-corrected chi connectivity index (χ3v) is 4.01. The smallest absolute Gasteiger partial charge is 0.197 e. The Morgan fingerprint density at radius 1 is 1.29 bits per heavy atom.